The van der Waals surface area contributed by atoms with Crippen LogP contribution in [0.25, 0.3) is 0 Å². The van der Waals surface area contributed by atoms with E-state index in [2.05, 4.69) is 18.5 Å². The molecule has 4 heteroatoms. The van der Waals surface area contributed by atoms with Gasteiger partial charge in [0.05, 0.1) is 0 Å². The number of hydrogen-bond donors (Lipinski definition) is 0. The van der Waals surface area contributed by atoms with E-state index >= 15 is 0 Å². The second-order valence-electron chi connectivity index (χ2n) is 1.31. The topological polar surface area (TPSA) is 0 Å². The van der Waals surface area contributed by atoms with Gasteiger partial charge in [-0.1, -0.05) is 11.6 Å². The molecular weight excluding hydrogens is 140 g/mol. The van der Waals surface area contributed by atoms with E-state index in [-0.39, 0.29) is 0 Å². The molecule has 0 N–H and O–H groups in total. The van der Waals surface area contributed by atoms with Crippen LogP contribution in [0.1, 0.15) is 6.42 Å². The molecule has 1 atom stereocenters. The van der Waals surface area contributed by atoms with Crippen LogP contribution in [0.5, 0.6) is 0 Å². The maximum Gasteiger partial charge on any atom is 0.285 e. The first-order valence-corrected chi connectivity index (χ1v) is 2.33. The molecule has 0 spiro atoms. The monoisotopic (exact) mass is 145 g/mol. The largest absolute Gasteiger partial charge is 0.285 e. The minimum atomic E-state index is -3.15. The van der Waals surface area contributed by atoms with E-state index < -0.39 is 18.0 Å². The molecule has 49 valence electrons. The molecule has 0 bridgehead atoms. The minimum Gasteiger partial charge on any atom is -0.220 e. The van der Waals surface area contributed by atoms with Crippen molar-refractivity contribution in [1.29, 1.82) is 0 Å². The average molecular weight is 146 g/mol. The van der Waals surface area contributed by atoms with Crippen molar-refractivity contribution in [3.63, 3.8) is 0 Å². The van der Waals surface area contributed by atoms with Crippen molar-refractivity contribution in [3.05, 3.63) is 6.92 Å². The normalized spacial score (nSPS) is 18.8. The molecule has 1 unspecified atom stereocenters. The highest BCUT2D eigenvalue weighted by Crippen LogP contribution is 2.28. The lowest BCUT2D eigenvalue weighted by Crippen LogP contribution is -2.23. The van der Waals surface area contributed by atoms with Crippen LogP contribution >= 0.6 is 11.6 Å². The summed E-state index contributed by atoms with van der Waals surface area (Å²) in [4.78, 5) is 0. The lowest BCUT2D eigenvalue weighted by atomic mass is 10.3. The van der Waals surface area contributed by atoms with Gasteiger partial charge in [-0.05, 0) is 6.92 Å². The van der Waals surface area contributed by atoms with Crippen molar-refractivity contribution >= 4 is 11.6 Å². The van der Waals surface area contributed by atoms with Crippen molar-refractivity contribution in [1.82, 2.24) is 0 Å². The summed E-state index contributed by atoms with van der Waals surface area (Å²) in [6, 6.07) is 0. The van der Waals surface area contributed by atoms with Crippen LogP contribution in [0.15, 0.2) is 0 Å². The summed E-state index contributed by atoms with van der Waals surface area (Å²) in [6.45, 7) is 2.89. The number of hydrogen-bond acceptors (Lipinski definition) is 0. The molecule has 0 heterocycles. The summed E-state index contributed by atoms with van der Waals surface area (Å²) < 4.78 is 34.4. The highest BCUT2D eigenvalue weighted by Gasteiger charge is 2.35. The summed E-state index contributed by atoms with van der Waals surface area (Å²) in [6.07, 6.45) is -3.77. The first kappa shape index (κ1) is 8.08. The molecule has 0 aliphatic rings. The maximum atomic E-state index is 11.9. The molecule has 0 rings (SSSR count). The van der Waals surface area contributed by atoms with Gasteiger partial charge in [-0.3, -0.25) is 0 Å². The Hall–Kier alpha value is 0.0800. The second kappa shape index (κ2) is 2.58. The van der Waals surface area contributed by atoms with Gasteiger partial charge in [0.1, 0.15) is 0 Å². The van der Waals surface area contributed by atoms with Gasteiger partial charge >= 0.3 is 0 Å². The SMILES string of the molecule is [CH2]CC(F)(Cl)C(F)F. The van der Waals surface area contributed by atoms with E-state index in [9.17, 15) is 13.2 Å². The highest BCUT2D eigenvalue weighted by molar-refractivity contribution is 6.23. The molecule has 0 aromatic rings. The van der Waals surface area contributed by atoms with Gasteiger partial charge < -0.3 is 0 Å². The Bertz CT molecular complexity index is 71.7. The minimum absolute atomic E-state index is 0.619. The molecule has 0 amide bonds. The number of rotatable bonds is 2. The van der Waals surface area contributed by atoms with E-state index in [1.807, 2.05) is 0 Å². The molecule has 0 aliphatic carbocycles. The van der Waals surface area contributed by atoms with Gasteiger partial charge in [0.15, 0.2) is 0 Å². The van der Waals surface area contributed by atoms with Crippen LogP contribution in [0.2, 0.25) is 0 Å². The van der Waals surface area contributed by atoms with E-state index in [1.165, 1.54) is 0 Å². The van der Waals surface area contributed by atoms with Gasteiger partial charge in [-0.15, -0.1) is 0 Å². The van der Waals surface area contributed by atoms with E-state index in [4.69, 9.17) is 0 Å². The van der Waals surface area contributed by atoms with Crippen molar-refractivity contribution < 1.29 is 13.2 Å². The molecule has 8 heavy (non-hydrogen) atoms. The third kappa shape index (κ3) is 1.90. The molecule has 0 saturated carbocycles. The third-order valence-electron chi connectivity index (χ3n) is 0.653. The number of halogens is 4. The molecule has 0 aromatic carbocycles. The molecular formula is C4H5ClF3. The lowest BCUT2D eigenvalue weighted by Gasteiger charge is -2.12. The quantitative estimate of drug-likeness (QED) is 0.524. The smallest absolute Gasteiger partial charge is 0.220 e. The molecule has 0 saturated heterocycles. The van der Waals surface area contributed by atoms with Crippen LogP contribution in [0, 0.1) is 6.92 Å². The van der Waals surface area contributed by atoms with Crippen LogP contribution in [0.3, 0.4) is 0 Å². The lowest BCUT2D eigenvalue weighted by molar-refractivity contribution is 0.0234. The van der Waals surface area contributed by atoms with Gasteiger partial charge in [0.25, 0.3) is 6.43 Å². The van der Waals surface area contributed by atoms with Gasteiger partial charge in [0.2, 0.25) is 5.13 Å². The fourth-order valence-electron chi connectivity index (χ4n) is 0.109. The fraction of sp³-hybridized carbons (Fsp3) is 0.750. The zero-order valence-electron chi connectivity index (χ0n) is 4.00. The Morgan fingerprint density at radius 2 is 2.00 bits per heavy atom. The van der Waals surface area contributed by atoms with Crippen molar-refractivity contribution in [2.75, 3.05) is 0 Å². The molecule has 0 aromatic heterocycles. The summed E-state index contributed by atoms with van der Waals surface area (Å²) in [7, 11) is 0. The Balaban J connectivity index is 3.71. The first-order valence-electron chi connectivity index (χ1n) is 1.96. The molecule has 0 fully saturated rings. The standard InChI is InChI=1S/C4H5ClF3/c1-2-4(5,8)3(6)7/h3H,1-2H2. The Morgan fingerprint density at radius 1 is 1.62 bits per heavy atom. The van der Waals surface area contributed by atoms with Crippen LogP contribution in [0.4, 0.5) is 13.2 Å². The number of alkyl halides is 4. The predicted molar refractivity (Wildman–Crippen MR) is 25.7 cm³/mol. The Morgan fingerprint density at radius 3 is 2.00 bits per heavy atom. The van der Waals surface area contributed by atoms with Crippen LogP contribution in [-0.4, -0.2) is 11.6 Å². The predicted octanol–water partition coefficient (Wildman–Crippen LogP) is 2.38. The van der Waals surface area contributed by atoms with Crippen molar-refractivity contribution in [2.45, 2.75) is 18.0 Å². The van der Waals surface area contributed by atoms with E-state index in [0.717, 1.165) is 0 Å². The van der Waals surface area contributed by atoms with Crippen LogP contribution < -0.4 is 0 Å². The Labute approximate surface area is 50.6 Å². The zero-order valence-corrected chi connectivity index (χ0v) is 4.76. The van der Waals surface area contributed by atoms with Gasteiger partial charge in [0, 0.05) is 6.42 Å². The van der Waals surface area contributed by atoms with Gasteiger partial charge in [-0.25, -0.2) is 13.2 Å². The molecule has 0 aliphatic heterocycles. The zero-order chi connectivity index (χ0) is 6.78. The van der Waals surface area contributed by atoms with E-state index in [0.29, 0.717) is 0 Å². The average Bonchev–Trinajstić information content (AvgIpc) is 1.67. The van der Waals surface area contributed by atoms with Crippen molar-refractivity contribution in [2.24, 2.45) is 0 Å². The maximum absolute atomic E-state index is 11.9. The summed E-state index contributed by atoms with van der Waals surface area (Å²) in [5.41, 5.74) is 0. The highest BCUT2D eigenvalue weighted by atomic mass is 35.5. The first-order chi connectivity index (χ1) is 3.50. The third-order valence-corrected chi connectivity index (χ3v) is 1.01. The molecule has 0 nitrogen and oxygen atoms in total. The second-order valence-corrected chi connectivity index (χ2v) is 1.94. The van der Waals surface area contributed by atoms with Gasteiger partial charge in [-0.2, -0.15) is 0 Å². The fourth-order valence-corrected chi connectivity index (χ4v) is 0.109. The molecule has 1 radical (unpaired) electrons. The summed E-state index contributed by atoms with van der Waals surface area (Å²) >= 11 is 4.58. The van der Waals surface area contributed by atoms with Crippen molar-refractivity contribution in [3.8, 4) is 0 Å². The van der Waals surface area contributed by atoms with Crippen LogP contribution in [-0.2, 0) is 0 Å². The summed E-state index contributed by atoms with van der Waals surface area (Å²) in [5.74, 6) is 0. The summed E-state index contributed by atoms with van der Waals surface area (Å²) in [5, 5.41) is -2.93. The van der Waals surface area contributed by atoms with E-state index in [1.54, 1.807) is 0 Å². The Kier molecular flexibility index (Phi) is 2.60.